The first-order valence-corrected chi connectivity index (χ1v) is 7.99. The second kappa shape index (κ2) is 6.22. The lowest BCUT2D eigenvalue weighted by Crippen LogP contribution is -2.43. The van der Waals surface area contributed by atoms with Crippen molar-refractivity contribution in [2.75, 3.05) is 17.2 Å². The molecule has 0 saturated heterocycles. The van der Waals surface area contributed by atoms with Crippen LogP contribution in [0.2, 0.25) is 0 Å². The second-order valence-electron chi connectivity index (χ2n) is 4.88. The Bertz CT molecular complexity index is 630. The van der Waals surface area contributed by atoms with E-state index in [4.69, 9.17) is 4.74 Å². The molecule has 1 heterocycles. The van der Waals surface area contributed by atoms with E-state index in [-0.39, 0.29) is 5.91 Å². The minimum atomic E-state index is -0.497. The first-order valence-electron chi connectivity index (χ1n) is 7.00. The van der Waals surface area contributed by atoms with Crippen molar-refractivity contribution in [3.8, 4) is 5.75 Å². The highest BCUT2D eigenvalue weighted by molar-refractivity contribution is 7.99. The number of rotatable bonds is 3. The molecule has 2 aromatic rings. The third-order valence-corrected chi connectivity index (χ3v) is 4.44. The maximum absolute atomic E-state index is 12.7. The van der Waals surface area contributed by atoms with Gasteiger partial charge in [-0.2, -0.15) is 0 Å². The number of nitrogens with zero attached hydrogens (tertiary/aromatic N) is 1. The van der Waals surface area contributed by atoms with Crippen molar-refractivity contribution in [1.29, 1.82) is 0 Å². The third kappa shape index (κ3) is 3.05. The Labute approximate surface area is 128 Å². The van der Waals surface area contributed by atoms with Gasteiger partial charge in [-0.05, 0) is 31.2 Å². The van der Waals surface area contributed by atoms with Crippen LogP contribution in [0.4, 0.5) is 5.69 Å². The molecule has 1 aliphatic heterocycles. The van der Waals surface area contributed by atoms with Crippen LogP contribution < -0.4 is 9.64 Å². The van der Waals surface area contributed by atoms with Gasteiger partial charge in [0.15, 0.2) is 6.10 Å². The van der Waals surface area contributed by atoms with Gasteiger partial charge in [-0.25, -0.2) is 0 Å². The number of amides is 1. The van der Waals surface area contributed by atoms with Crippen LogP contribution in [0.3, 0.4) is 0 Å². The molecule has 0 spiro atoms. The summed E-state index contributed by atoms with van der Waals surface area (Å²) in [5, 5.41) is 0. The van der Waals surface area contributed by atoms with E-state index in [1.165, 1.54) is 0 Å². The third-order valence-electron chi connectivity index (χ3n) is 3.40. The van der Waals surface area contributed by atoms with E-state index in [1.807, 2.05) is 53.4 Å². The van der Waals surface area contributed by atoms with Crippen molar-refractivity contribution in [3.63, 3.8) is 0 Å². The molecule has 1 unspecified atom stereocenters. The SMILES string of the molecule is CC(Oc1ccccc1)C(=O)N1CCSc2ccccc21. The van der Waals surface area contributed by atoms with E-state index in [0.29, 0.717) is 0 Å². The predicted molar refractivity (Wildman–Crippen MR) is 86.1 cm³/mol. The highest BCUT2D eigenvalue weighted by Gasteiger charge is 2.27. The molecule has 108 valence electrons. The fourth-order valence-corrected chi connectivity index (χ4v) is 3.37. The largest absolute Gasteiger partial charge is 0.481 e. The topological polar surface area (TPSA) is 29.5 Å². The molecule has 0 aromatic heterocycles. The molecule has 1 amide bonds. The quantitative estimate of drug-likeness (QED) is 0.867. The van der Waals surface area contributed by atoms with Gasteiger partial charge in [0, 0.05) is 17.2 Å². The average Bonchev–Trinajstić information content (AvgIpc) is 2.54. The predicted octanol–water partition coefficient (Wildman–Crippen LogP) is 3.59. The summed E-state index contributed by atoms with van der Waals surface area (Å²) in [6, 6.07) is 17.5. The highest BCUT2D eigenvalue weighted by Crippen LogP contribution is 2.34. The van der Waals surface area contributed by atoms with Gasteiger partial charge in [0.2, 0.25) is 0 Å². The molecule has 3 nitrogen and oxygen atoms in total. The lowest BCUT2D eigenvalue weighted by Gasteiger charge is -2.31. The Morgan fingerprint density at radius 2 is 1.86 bits per heavy atom. The maximum atomic E-state index is 12.7. The van der Waals surface area contributed by atoms with Gasteiger partial charge >= 0.3 is 0 Å². The number of thioether (sulfide) groups is 1. The zero-order valence-corrected chi connectivity index (χ0v) is 12.7. The normalized spacial score (nSPS) is 15.2. The molecule has 0 aliphatic carbocycles. The molecule has 1 atom stereocenters. The molecule has 0 radical (unpaired) electrons. The number of ether oxygens (including phenoxy) is 1. The number of carbonyl (C=O) groups is 1. The Kier molecular flexibility index (Phi) is 4.15. The first-order chi connectivity index (χ1) is 10.3. The lowest BCUT2D eigenvalue weighted by molar-refractivity contribution is -0.124. The van der Waals surface area contributed by atoms with Crippen molar-refractivity contribution in [3.05, 3.63) is 54.6 Å². The molecular formula is C17H17NO2S. The summed E-state index contributed by atoms with van der Waals surface area (Å²) in [4.78, 5) is 15.6. The fourth-order valence-electron chi connectivity index (χ4n) is 2.37. The molecule has 0 N–H and O–H groups in total. The van der Waals surface area contributed by atoms with Gasteiger partial charge < -0.3 is 9.64 Å². The smallest absolute Gasteiger partial charge is 0.267 e. The number of hydrogen-bond acceptors (Lipinski definition) is 3. The van der Waals surface area contributed by atoms with E-state index in [0.717, 1.165) is 28.6 Å². The summed E-state index contributed by atoms with van der Waals surface area (Å²) < 4.78 is 5.75. The van der Waals surface area contributed by atoms with Crippen LogP contribution in [-0.2, 0) is 4.79 Å². The molecule has 0 fully saturated rings. The van der Waals surface area contributed by atoms with E-state index in [9.17, 15) is 4.79 Å². The summed E-state index contributed by atoms with van der Waals surface area (Å²) in [6.45, 7) is 2.53. The van der Waals surface area contributed by atoms with Crippen LogP contribution in [0.25, 0.3) is 0 Å². The van der Waals surface area contributed by atoms with Gasteiger partial charge in [0.05, 0.1) is 5.69 Å². The van der Waals surface area contributed by atoms with Crippen molar-refractivity contribution in [1.82, 2.24) is 0 Å². The fraction of sp³-hybridized carbons (Fsp3) is 0.235. The number of fused-ring (bicyclic) bond motifs is 1. The number of anilines is 1. The van der Waals surface area contributed by atoms with Gasteiger partial charge in [-0.1, -0.05) is 30.3 Å². The van der Waals surface area contributed by atoms with Gasteiger partial charge in [0.1, 0.15) is 5.75 Å². The van der Waals surface area contributed by atoms with E-state index < -0.39 is 6.10 Å². The molecule has 0 bridgehead atoms. The molecule has 4 heteroatoms. The lowest BCUT2D eigenvalue weighted by atomic mass is 10.2. The van der Waals surface area contributed by atoms with E-state index in [1.54, 1.807) is 18.7 Å². The second-order valence-corrected chi connectivity index (χ2v) is 6.02. The number of carbonyl (C=O) groups excluding carboxylic acids is 1. The van der Waals surface area contributed by atoms with E-state index >= 15 is 0 Å². The van der Waals surface area contributed by atoms with Crippen molar-refractivity contribution < 1.29 is 9.53 Å². The Morgan fingerprint density at radius 3 is 2.67 bits per heavy atom. The molecule has 1 aliphatic rings. The Hall–Kier alpha value is -1.94. The molecule has 3 rings (SSSR count). The minimum absolute atomic E-state index is 0.00611. The summed E-state index contributed by atoms with van der Waals surface area (Å²) in [5.41, 5.74) is 0.988. The number of benzene rings is 2. The van der Waals surface area contributed by atoms with Crippen LogP contribution in [0.5, 0.6) is 5.75 Å². The highest BCUT2D eigenvalue weighted by atomic mass is 32.2. The van der Waals surface area contributed by atoms with Crippen LogP contribution in [0, 0.1) is 0 Å². The maximum Gasteiger partial charge on any atom is 0.267 e. The summed E-state index contributed by atoms with van der Waals surface area (Å²) in [6.07, 6.45) is -0.497. The van der Waals surface area contributed by atoms with Gasteiger partial charge in [-0.3, -0.25) is 4.79 Å². The average molecular weight is 299 g/mol. The first kappa shape index (κ1) is 14.0. The summed E-state index contributed by atoms with van der Waals surface area (Å²) >= 11 is 1.79. The minimum Gasteiger partial charge on any atom is -0.481 e. The molecular weight excluding hydrogens is 282 g/mol. The standard InChI is InChI=1S/C17H17NO2S/c1-13(20-14-7-3-2-4-8-14)17(19)18-11-12-21-16-10-6-5-9-15(16)18/h2-10,13H,11-12H2,1H3. The van der Waals surface area contributed by atoms with Crippen LogP contribution in [0.15, 0.2) is 59.5 Å². The summed E-state index contributed by atoms with van der Waals surface area (Å²) in [7, 11) is 0. The van der Waals surface area contributed by atoms with E-state index in [2.05, 4.69) is 6.07 Å². The molecule has 2 aromatic carbocycles. The van der Waals surface area contributed by atoms with Crippen molar-refractivity contribution in [2.24, 2.45) is 0 Å². The zero-order chi connectivity index (χ0) is 14.7. The summed E-state index contributed by atoms with van der Waals surface area (Å²) in [5.74, 6) is 1.64. The van der Waals surface area contributed by atoms with Gasteiger partial charge in [-0.15, -0.1) is 11.8 Å². The number of para-hydroxylation sites is 2. The van der Waals surface area contributed by atoms with Crippen LogP contribution >= 0.6 is 11.8 Å². The molecule has 21 heavy (non-hydrogen) atoms. The molecule has 0 saturated carbocycles. The van der Waals surface area contributed by atoms with Crippen molar-refractivity contribution >= 4 is 23.4 Å². The number of hydrogen-bond donors (Lipinski definition) is 0. The Balaban J connectivity index is 1.77. The van der Waals surface area contributed by atoms with Gasteiger partial charge in [0.25, 0.3) is 5.91 Å². The van der Waals surface area contributed by atoms with Crippen molar-refractivity contribution in [2.45, 2.75) is 17.9 Å². The zero-order valence-electron chi connectivity index (χ0n) is 11.9. The van der Waals surface area contributed by atoms with Crippen LogP contribution in [-0.4, -0.2) is 24.3 Å². The van der Waals surface area contributed by atoms with Crippen LogP contribution in [0.1, 0.15) is 6.92 Å². The monoisotopic (exact) mass is 299 g/mol. The Morgan fingerprint density at radius 1 is 1.14 bits per heavy atom.